The van der Waals surface area contributed by atoms with Crippen LogP contribution in [0.25, 0.3) is 10.9 Å². The summed E-state index contributed by atoms with van der Waals surface area (Å²) in [6, 6.07) is 10.3. The van der Waals surface area contributed by atoms with Crippen LogP contribution in [0.4, 0.5) is 14.5 Å². The molecule has 1 aliphatic rings. The van der Waals surface area contributed by atoms with Crippen molar-refractivity contribution in [3.8, 4) is 0 Å². The summed E-state index contributed by atoms with van der Waals surface area (Å²) in [7, 11) is -4.20. The number of aromatic nitrogens is 1. The molecule has 6 nitrogen and oxygen atoms in total. The summed E-state index contributed by atoms with van der Waals surface area (Å²) < 4.78 is 53.5. The maximum atomic E-state index is 14.1. The fourth-order valence-corrected chi connectivity index (χ4v) is 6.00. The number of piperazine rings is 1. The van der Waals surface area contributed by atoms with Crippen molar-refractivity contribution in [3.63, 3.8) is 0 Å². The van der Waals surface area contributed by atoms with Crippen LogP contribution in [-0.2, 0) is 14.8 Å². The molecule has 0 N–H and O–H groups in total. The quantitative estimate of drug-likeness (QED) is 0.389. The molecule has 3 aromatic rings. The first-order valence-electron chi connectivity index (χ1n) is 9.95. The second kappa shape index (κ2) is 9.35. The molecule has 0 bridgehead atoms. The highest BCUT2D eigenvalue weighted by Crippen LogP contribution is 2.39. The van der Waals surface area contributed by atoms with Crippen molar-refractivity contribution in [2.24, 2.45) is 0 Å². The van der Waals surface area contributed by atoms with Crippen LogP contribution in [0, 0.1) is 0 Å². The zero-order valence-corrected chi connectivity index (χ0v) is 21.1. The van der Waals surface area contributed by atoms with E-state index in [0.717, 1.165) is 10.2 Å². The summed E-state index contributed by atoms with van der Waals surface area (Å²) in [5.41, 5.74) is 0.109. The lowest BCUT2D eigenvalue weighted by atomic mass is 10.1. The van der Waals surface area contributed by atoms with E-state index in [1.807, 2.05) is 0 Å². The van der Waals surface area contributed by atoms with Gasteiger partial charge < -0.3 is 9.80 Å². The Morgan fingerprint density at radius 1 is 1.00 bits per heavy atom. The van der Waals surface area contributed by atoms with Gasteiger partial charge in [0.1, 0.15) is 0 Å². The van der Waals surface area contributed by atoms with Crippen molar-refractivity contribution in [2.45, 2.75) is 15.1 Å². The maximum absolute atomic E-state index is 14.1. The predicted molar refractivity (Wildman–Crippen MR) is 130 cm³/mol. The van der Waals surface area contributed by atoms with Crippen LogP contribution in [-0.4, -0.2) is 53.2 Å². The van der Waals surface area contributed by atoms with E-state index in [1.54, 1.807) is 17.0 Å². The van der Waals surface area contributed by atoms with Gasteiger partial charge >= 0.3 is 0 Å². The molecule has 1 saturated heterocycles. The van der Waals surface area contributed by atoms with Gasteiger partial charge in [-0.05, 0) is 30.3 Å². The Kier molecular flexibility index (Phi) is 6.96. The molecule has 34 heavy (non-hydrogen) atoms. The van der Waals surface area contributed by atoms with Crippen LogP contribution in [0.5, 0.6) is 0 Å². The number of anilines is 1. The SMILES string of the molecule is O=C(N1CCN(c2cccc3c2c(C(F)F)cn3S(=O)(=O)c2cccc(Cl)c2)CC1)C(Cl)(Cl)Cl. The smallest absolute Gasteiger partial charge is 0.274 e. The fraction of sp³-hybridized carbons (Fsp3) is 0.286. The van der Waals surface area contributed by atoms with E-state index >= 15 is 0 Å². The Labute approximate surface area is 214 Å². The molecule has 0 atom stereocenters. The molecule has 1 amide bonds. The zero-order chi connectivity index (χ0) is 24.8. The molecule has 13 heteroatoms. The molecule has 0 radical (unpaired) electrons. The summed E-state index contributed by atoms with van der Waals surface area (Å²) in [5, 5.41) is 0.318. The van der Waals surface area contributed by atoms with E-state index in [-0.39, 0.29) is 47.0 Å². The monoisotopic (exact) mass is 569 g/mol. The number of rotatable bonds is 4. The topological polar surface area (TPSA) is 62.6 Å². The normalized spacial score (nSPS) is 15.4. The minimum Gasteiger partial charge on any atom is -0.367 e. The standard InChI is InChI=1S/C21H17Cl4F2N3O3S/c22-13-3-1-4-14(11-13)34(32,33)30-12-15(19(26)27)18-16(5-2-6-17(18)30)28-7-9-29(10-8-28)20(31)21(23,24)25/h1-6,11-12,19H,7-10H2. The van der Waals surface area contributed by atoms with Gasteiger partial charge in [-0.3, -0.25) is 4.79 Å². The van der Waals surface area contributed by atoms with Gasteiger partial charge in [-0.25, -0.2) is 21.2 Å². The van der Waals surface area contributed by atoms with Crippen LogP contribution in [0.1, 0.15) is 12.0 Å². The highest BCUT2D eigenvalue weighted by molar-refractivity contribution is 7.90. The van der Waals surface area contributed by atoms with Gasteiger partial charge in [-0.2, -0.15) is 0 Å². The number of carbonyl (C=O) groups excluding carboxylic acids is 1. The number of alkyl halides is 5. The Morgan fingerprint density at radius 3 is 2.24 bits per heavy atom. The van der Waals surface area contributed by atoms with E-state index < -0.39 is 31.7 Å². The first kappa shape index (κ1) is 25.3. The van der Waals surface area contributed by atoms with Crippen molar-refractivity contribution in [1.29, 1.82) is 0 Å². The lowest BCUT2D eigenvalue weighted by Crippen LogP contribution is -2.51. The molecule has 1 aromatic heterocycles. The first-order valence-corrected chi connectivity index (χ1v) is 12.9. The number of hydrogen-bond acceptors (Lipinski definition) is 4. The zero-order valence-electron chi connectivity index (χ0n) is 17.3. The average Bonchev–Trinajstić information content (AvgIpc) is 3.19. The summed E-state index contributed by atoms with van der Waals surface area (Å²) in [5.74, 6) is -0.664. The molecule has 0 spiro atoms. The summed E-state index contributed by atoms with van der Waals surface area (Å²) in [6.07, 6.45) is -1.98. The minimum absolute atomic E-state index is 0.104. The van der Waals surface area contributed by atoms with Crippen molar-refractivity contribution < 1.29 is 22.0 Å². The average molecular weight is 571 g/mol. The third kappa shape index (κ3) is 4.68. The predicted octanol–water partition coefficient (Wildman–Crippen LogP) is 5.49. The molecule has 0 aliphatic carbocycles. The number of halogens is 6. The van der Waals surface area contributed by atoms with Crippen molar-refractivity contribution in [1.82, 2.24) is 8.87 Å². The van der Waals surface area contributed by atoms with Gasteiger partial charge in [-0.1, -0.05) is 58.5 Å². The third-order valence-corrected chi connectivity index (χ3v) is 7.93. The molecule has 0 saturated carbocycles. The van der Waals surface area contributed by atoms with E-state index in [0.29, 0.717) is 5.69 Å². The molecular formula is C21H17Cl4F2N3O3S. The molecule has 2 heterocycles. The number of amides is 1. The van der Waals surface area contributed by atoms with E-state index in [2.05, 4.69) is 0 Å². The van der Waals surface area contributed by atoms with Crippen LogP contribution in [0.3, 0.4) is 0 Å². The first-order chi connectivity index (χ1) is 15.9. The van der Waals surface area contributed by atoms with E-state index in [1.165, 1.54) is 35.2 Å². The van der Waals surface area contributed by atoms with Crippen molar-refractivity contribution in [3.05, 3.63) is 59.2 Å². The molecular weight excluding hydrogens is 554 g/mol. The molecule has 1 aliphatic heterocycles. The second-order valence-corrected chi connectivity index (χ2v) is 12.1. The van der Waals surface area contributed by atoms with Crippen LogP contribution >= 0.6 is 46.4 Å². The second-order valence-electron chi connectivity index (χ2n) is 7.59. The Balaban J connectivity index is 1.77. The molecule has 0 unspecified atom stereocenters. The summed E-state index contributed by atoms with van der Waals surface area (Å²) in [4.78, 5) is 15.3. The maximum Gasteiger partial charge on any atom is 0.274 e. The lowest BCUT2D eigenvalue weighted by Gasteiger charge is -2.37. The Morgan fingerprint density at radius 2 is 1.65 bits per heavy atom. The van der Waals surface area contributed by atoms with Gasteiger partial charge in [0.15, 0.2) is 0 Å². The number of carbonyl (C=O) groups is 1. The van der Waals surface area contributed by atoms with Gasteiger partial charge in [0.05, 0.1) is 10.4 Å². The number of nitrogens with zero attached hydrogens (tertiary/aromatic N) is 3. The van der Waals surface area contributed by atoms with Gasteiger partial charge in [-0.15, -0.1) is 0 Å². The molecule has 2 aromatic carbocycles. The molecule has 182 valence electrons. The minimum atomic E-state index is -4.20. The summed E-state index contributed by atoms with van der Waals surface area (Å²) in [6.45, 7) is 0.963. The van der Waals surface area contributed by atoms with Crippen LogP contribution < -0.4 is 4.90 Å². The van der Waals surface area contributed by atoms with E-state index in [9.17, 15) is 22.0 Å². The Hall–Kier alpha value is -1.78. The fourth-order valence-electron chi connectivity index (χ4n) is 3.97. The summed E-state index contributed by atoms with van der Waals surface area (Å²) >= 11 is 23.0. The number of fused-ring (bicyclic) bond motifs is 1. The molecule has 4 rings (SSSR count). The Bertz CT molecular complexity index is 1350. The highest BCUT2D eigenvalue weighted by Gasteiger charge is 2.37. The highest BCUT2D eigenvalue weighted by atomic mass is 35.6. The third-order valence-electron chi connectivity index (χ3n) is 5.54. The van der Waals surface area contributed by atoms with Gasteiger partial charge in [0.25, 0.3) is 26.1 Å². The van der Waals surface area contributed by atoms with Crippen molar-refractivity contribution >= 4 is 78.9 Å². The van der Waals surface area contributed by atoms with Crippen LogP contribution in [0.15, 0.2) is 53.6 Å². The van der Waals surface area contributed by atoms with Crippen LogP contribution in [0.2, 0.25) is 5.02 Å². The number of benzene rings is 2. The van der Waals surface area contributed by atoms with Gasteiger partial charge in [0, 0.05) is 54.0 Å². The number of hydrogen-bond donors (Lipinski definition) is 0. The van der Waals surface area contributed by atoms with E-state index in [4.69, 9.17) is 46.4 Å². The molecule has 1 fully saturated rings. The van der Waals surface area contributed by atoms with Crippen molar-refractivity contribution in [2.75, 3.05) is 31.1 Å². The lowest BCUT2D eigenvalue weighted by molar-refractivity contribution is -0.130. The van der Waals surface area contributed by atoms with Gasteiger partial charge in [0.2, 0.25) is 0 Å². The largest absolute Gasteiger partial charge is 0.367 e.